The molecule has 2 rings (SSSR count). The predicted octanol–water partition coefficient (Wildman–Crippen LogP) is 0.835. The van der Waals surface area contributed by atoms with E-state index >= 15 is 0 Å². The summed E-state index contributed by atoms with van der Waals surface area (Å²) in [6.07, 6.45) is 1.56. The summed E-state index contributed by atoms with van der Waals surface area (Å²) in [6.45, 7) is 0.261. The van der Waals surface area contributed by atoms with Crippen LogP contribution < -0.4 is 10.6 Å². The van der Waals surface area contributed by atoms with Gasteiger partial charge in [-0.1, -0.05) is 11.6 Å². The van der Waals surface area contributed by atoms with Crippen molar-refractivity contribution in [2.75, 3.05) is 12.4 Å². The zero-order valence-corrected chi connectivity index (χ0v) is 11.3. The van der Waals surface area contributed by atoms with Crippen LogP contribution in [0.4, 0.5) is 5.82 Å². The molecular formula is C11H13ClN6O. The van der Waals surface area contributed by atoms with Crippen molar-refractivity contribution in [3.05, 3.63) is 35.0 Å². The fourth-order valence-electron chi connectivity index (χ4n) is 1.45. The van der Waals surface area contributed by atoms with E-state index in [-0.39, 0.29) is 18.1 Å². The molecule has 100 valence electrons. The van der Waals surface area contributed by atoms with Crippen LogP contribution in [0.5, 0.6) is 0 Å². The average molecular weight is 281 g/mol. The van der Waals surface area contributed by atoms with Crippen LogP contribution in [0.25, 0.3) is 0 Å². The second-order valence-electron chi connectivity index (χ2n) is 3.82. The van der Waals surface area contributed by atoms with Gasteiger partial charge in [0, 0.05) is 14.1 Å². The van der Waals surface area contributed by atoms with Gasteiger partial charge in [0.15, 0.2) is 5.82 Å². The highest BCUT2D eigenvalue weighted by Crippen LogP contribution is 2.16. The minimum absolute atomic E-state index is 0.177. The minimum atomic E-state index is -0.356. The van der Waals surface area contributed by atoms with Gasteiger partial charge in [-0.05, 0) is 12.1 Å². The number of amides is 1. The standard InChI is InChI=1S/C11H13ClN6O/c1-13-8-4-3-7(12)10(16-8)11(19)14-5-9-17-15-6-18(9)2/h3-4,6H,5H2,1-2H3,(H,13,16)(H,14,19). The number of rotatable bonds is 4. The van der Waals surface area contributed by atoms with Crippen LogP contribution in [0.2, 0.25) is 5.02 Å². The van der Waals surface area contributed by atoms with Gasteiger partial charge in [0.25, 0.3) is 5.91 Å². The van der Waals surface area contributed by atoms with E-state index in [1.54, 1.807) is 37.1 Å². The molecule has 0 aliphatic heterocycles. The number of nitrogens with one attached hydrogen (secondary N) is 2. The molecule has 0 fully saturated rings. The maximum absolute atomic E-state index is 12.0. The molecule has 7 nitrogen and oxygen atoms in total. The predicted molar refractivity (Wildman–Crippen MR) is 71.0 cm³/mol. The minimum Gasteiger partial charge on any atom is -0.373 e. The Kier molecular flexibility index (Phi) is 3.96. The quantitative estimate of drug-likeness (QED) is 0.867. The van der Waals surface area contributed by atoms with Crippen molar-refractivity contribution in [3.8, 4) is 0 Å². The molecule has 8 heteroatoms. The summed E-state index contributed by atoms with van der Waals surface area (Å²) in [7, 11) is 3.52. The molecule has 2 aromatic rings. The number of anilines is 1. The topological polar surface area (TPSA) is 84.7 Å². The van der Waals surface area contributed by atoms with Gasteiger partial charge in [-0.25, -0.2) is 4.98 Å². The molecule has 0 saturated carbocycles. The SMILES string of the molecule is CNc1ccc(Cl)c(C(=O)NCc2nncn2C)n1. The summed E-state index contributed by atoms with van der Waals surface area (Å²) >= 11 is 5.96. The maximum Gasteiger partial charge on any atom is 0.271 e. The highest BCUT2D eigenvalue weighted by molar-refractivity contribution is 6.33. The first-order valence-electron chi connectivity index (χ1n) is 5.57. The van der Waals surface area contributed by atoms with E-state index in [1.165, 1.54) is 0 Å². The molecule has 19 heavy (non-hydrogen) atoms. The third kappa shape index (κ3) is 3.00. The maximum atomic E-state index is 12.0. The Morgan fingerprint density at radius 3 is 2.89 bits per heavy atom. The van der Waals surface area contributed by atoms with Gasteiger partial charge >= 0.3 is 0 Å². The highest BCUT2D eigenvalue weighted by atomic mass is 35.5. The van der Waals surface area contributed by atoms with Crippen molar-refractivity contribution in [1.29, 1.82) is 0 Å². The van der Waals surface area contributed by atoms with E-state index in [9.17, 15) is 4.79 Å². The van der Waals surface area contributed by atoms with Gasteiger partial charge in [-0.15, -0.1) is 10.2 Å². The molecule has 0 saturated heterocycles. The Morgan fingerprint density at radius 2 is 2.26 bits per heavy atom. The number of halogens is 1. The normalized spacial score (nSPS) is 10.3. The van der Waals surface area contributed by atoms with Crippen LogP contribution >= 0.6 is 11.6 Å². The number of carbonyl (C=O) groups excluding carboxylic acids is 1. The summed E-state index contributed by atoms with van der Waals surface area (Å²) < 4.78 is 1.72. The molecule has 0 atom stereocenters. The smallest absolute Gasteiger partial charge is 0.271 e. The van der Waals surface area contributed by atoms with E-state index < -0.39 is 0 Å². The van der Waals surface area contributed by atoms with Gasteiger partial charge in [0.1, 0.15) is 17.8 Å². The molecule has 0 aromatic carbocycles. The first kappa shape index (κ1) is 13.3. The van der Waals surface area contributed by atoms with Crippen LogP contribution in [0.15, 0.2) is 18.5 Å². The van der Waals surface area contributed by atoms with Crippen LogP contribution in [-0.4, -0.2) is 32.7 Å². The molecule has 0 spiro atoms. The molecule has 1 amide bonds. The fourth-order valence-corrected chi connectivity index (χ4v) is 1.64. The van der Waals surface area contributed by atoms with Gasteiger partial charge in [-0.3, -0.25) is 4.79 Å². The lowest BCUT2D eigenvalue weighted by Crippen LogP contribution is -2.25. The number of hydrogen-bond donors (Lipinski definition) is 2. The molecule has 2 heterocycles. The van der Waals surface area contributed by atoms with Crippen molar-refractivity contribution >= 4 is 23.3 Å². The van der Waals surface area contributed by atoms with Gasteiger partial charge in [-0.2, -0.15) is 0 Å². The monoisotopic (exact) mass is 280 g/mol. The van der Waals surface area contributed by atoms with Crippen molar-refractivity contribution < 1.29 is 4.79 Å². The third-order valence-corrected chi connectivity index (χ3v) is 2.83. The molecule has 0 bridgehead atoms. The average Bonchev–Trinajstić information content (AvgIpc) is 2.82. The molecule has 0 unspecified atom stereocenters. The summed E-state index contributed by atoms with van der Waals surface area (Å²) in [5, 5.41) is 13.4. The molecule has 2 N–H and O–H groups in total. The highest BCUT2D eigenvalue weighted by Gasteiger charge is 2.13. The zero-order valence-electron chi connectivity index (χ0n) is 10.5. The summed E-state index contributed by atoms with van der Waals surface area (Å²) in [5.74, 6) is 0.868. The molecule has 2 aromatic heterocycles. The molecule has 0 radical (unpaired) electrons. The summed E-state index contributed by atoms with van der Waals surface area (Å²) in [5.41, 5.74) is 0.177. The summed E-state index contributed by atoms with van der Waals surface area (Å²) in [4.78, 5) is 16.1. The van der Waals surface area contributed by atoms with Crippen molar-refractivity contribution in [2.24, 2.45) is 7.05 Å². The first-order valence-corrected chi connectivity index (χ1v) is 5.95. The molecule has 0 aliphatic rings. The first-order chi connectivity index (χ1) is 9.11. The lowest BCUT2D eigenvalue weighted by molar-refractivity contribution is 0.0945. The Bertz CT molecular complexity index is 597. The fraction of sp³-hybridized carbons (Fsp3) is 0.273. The largest absolute Gasteiger partial charge is 0.373 e. The number of nitrogens with zero attached hydrogens (tertiary/aromatic N) is 4. The van der Waals surface area contributed by atoms with Crippen molar-refractivity contribution in [3.63, 3.8) is 0 Å². The van der Waals surface area contributed by atoms with Gasteiger partial charge in [0.2, 0.25) is 0 Å². The number of hydrogen-bond acceptors (Lipinski definition) is 5. The Labute approximate surface area is 115 Å². The summed E-state index contributed by atoms with van der Waals surface area (Å²) in [6, 6.07) is 3.32. The lowest BCUT2D eigenvalue weighted by Gasteiger charge is -2.07. The van der Waals surface area contributed by atoms with Crippen LogP contribution in [0.3, 0.4) is 0 Å². The van der Waals surface area contributed by atoms with Crippen LogP contribution in [0, 0.1) is 0 Å². The number of carbonyl (C=O) groups is 1. The molecule has 0 aliphatic carbocycles. The Morgan fingerprint density at radius 1 is 1.47 bits per heavy atom. The van der Waals surface area contributed by atoms with E-state index in [1.807, 2.05) is 0 Å². The van der Waals surface area contributed by atoms with Crippen molar-refractivity contribution in [2.45, 2.75) is 6.54 Å². The second-order valence-corrected chi connectivity index (χ2v) is 4.22. The van der Waals surface area contributed by atoms with E-state index in [2.05, 4.69) is 25.8 Å². The van der Waals surface area contributed by atoms with E-state index in [0.29, 0.717) is 16.7 Å². The lowest BCUT2D eigenvalue weighted by atomic mass is 10.3. The Hall–Kier alpha value is -2.15. The number of aromatic nitrogens is 4. The van der Waals surface area contributed by atoms with Crippen LogP contribution in [0.1, 0.15) is 16.3 Å². The van der Waals surface area contributed by atoms with Crippen LogP contribution in [-0.2, 0) is 13.6 Å². The van der Waals surface area contributed by atoms with E-state index in [4.69, 9.17) is 11.6 Å². The van der Waals surface area contributed by atoms with Gasteiger partial charge < -0.3 is 15.2 Å². The van der Waals surface area contributed by atoms with Crippen molar-refractivity contribution in [1.82, 2.24) is 25.1 Å². The Balaban J connectivity index is 2.10. The molecular weight excluding hydrogens is 268 g/mol. The number of aryl methyl sites for hydroxylation is 1. The van der Waals surface area contributed by atoms with E-state index in [0.717, 1.165) is 0 Å². The zero-order chi connectivity index (χ0) is 13.8. The third-order valence-electron chi connectivity index (χ3n) is 2.53. The second kappa shape index (κ2) is 5.66. The number of pyridine rings is 1. The van der Waals surface area contributed by atoms with Gasteiger partial charge in [0.05, 0.1) is 11.6 Å².